The summed E-state index contributed by atoms with van der Waals surface area (Å²) in [5.74, 6) is 0.0761. The number of likely N-dealkylation sites (N-methyl/N-ethyl adjacent to an activating group) is 1. The topological polar surface area (TPSA) is 66.3 Å². The van der Waals surface area contributed by atoms with Crippen molar-refractivity contribution in [1.82, 2.24) is 19.7 Å². The second-order valence-electron chi connectivity index (χ2n) is 8.98. The van der Waals surface area contributed by atoms with Crippen LogP contribution in [0.5, 0.6) is 0 Å². The van der Waals surface area contributed by atoms with Crippen LogP contribution in [-0.2, 0) is 17.4 Å². The standard InChI is InChI=1S/C25H29F3N6O/c1-16-13-20(33-11-9-32(4)10-12-33)6-7-22(16)30-24(35)14-21-17(2)31-34(18(21)3)23-8-5-19(15-29-23)25(26,27)28/h5-8,13,15H,9-12,14H2,1-4H3,(H,30,35). The summed E-state index contributed by atoms with van der Waals surface area (Å²) in [5, 5.41) is 7.38. The Hall–Kier alpha value is -3.40. The van der Waals surface area contributed by atoms with Crippen molar-refractivity contribution < 1.29 is 18.0 Å². The Balaban J connectivity index is 1.45. The first-order valence-corrected chi connectivity index (χ1v) is 11.5. The molecule has 1 fully saturated rings. The van der Waals surface area contributed by atoms with Crippen LogP contribution < -0.4 is 10.2 Å². The Bertz CT molecular complexity index is 1210. The molecule has 4 rings (SSSR count). The van der Waals surface area contributed by atoms with E-state index in [2.05, 4.69) is 38.3 Å². The highest BCUT2D eigenvalue weighted by Crippen LogP contribution is 2.29. The number of hydrogen-bond acceptors (Lipinski definition) is 5. The maximum Gasteiger partial charge on any atom is 0.417 e. The van der Waals surface area contributed by atoms with Crippen LogP contribution in [-0.4, -0.2) is 58.8 Å². The van der Waals surface area contributed by atoms with Gasteiger partial charge in [0, 0.05) is 55.0 Å². The molecule has 10 heteroatoms. The molecule has 1 saturated heterocycles. The smallest absolute Gasteiger partial charge is 0.369 e. The first-order valence-electron chi connectivity index (χ1n) is 11.5. The largest absolute Gasteiger partial charge is 0.417 e. The van der Waals surface area contributed by atoms with Crippen molar-refractivity contribution in [3.05, 3.63) is 64.6 Å². The van der Waals surface area contributed by atoms with Gasteiger partial charge in [-0.05, 0) is 63.7 Å². The third-order valence-electron chi connectivity index (χ3n) is 6.42. The normalized spacial score (nSPS) is 14.9. The molecule has 0 aliphatic carbocycles. The number of benzene rings is 1. The number of alkyl halides is 3. The molecule has 0 unspecified atom stereocenters. The maximum atomic E-state index is 12.9. The molecule has 1 aromatic carbocycles. The number of carbonyl (C=O) groups is 1. The predicted molar refractivity (Wildman–Crippen MR) is 129 cm³/mol. The summed E-state index contributed by atoms with van der Waals surface area (Å²) in [7, 11) is 2.12. The van der Waals surface area contributed by atoms with Gasteiger partial charge in [-0.2, -0.15) is 18.3 Å². The monoisotopic (exact) mass is 486 g/mol. The molecule has 0 radical (unpaired) electrons. The molecule has 1 N–H and O–H groups in total. The molecule has 7 nitrogen and oxygen atoms in total. The van der Waals surface area contributed by atoms with Gasteiger partial charge in [0.2, 0.25) is 5.91 Å². The number of carbonyl (C=O) groups excluding carboxylic acids is 1. The number of hydrogen-bond donors (Lipinski definition) is 1. The lowest BCUT2D eigenvalue weighted by atomic mass is 10.1. The SMILES string of the molecule is Cc1cc(N2CCN(C)CC2)ccc1NC(=O)Cc1c(C)nn(-c2ccc(C(F)(F)F)cn2)c1C. The zero-order valence-electron chi connectivity index (χ0n) is 20.3. The lowest BCUT2D eigenvalue weighted by Gasteiger charge is -2.34. The van der Waals surface area contributed by atoms with E-state index in [1.165, 1.54) is 10.7 Å². The fourth-order valence-electron chi connectivity index (χ4n) is 4.24. The van der Waals surface area contributed by atoms with Crippen LogP contribution in [0.15, 0.2) is 36.5 Å². The van der Waals surface area contributed by atoms with Crippen LogP contribution in [0.25, 0.3) is 5.82 Å². The summed E-state index contributed by atoms with van der Waals surface area (Å²) in [4.78, 5) is 21.4. The summed E-state index contributed by atoms with van der Waals surface area (Å²) >= 11 is 0. The highest BCUT2D eigenvalue weighted by molar-refractivity contribution is 5.93. The van der Waals surface area contributed by atoms with Crippen molar-refractivity contribution in [2.24, 2.45) is 0 Å². The minimum absolute atomic E-state index is 0.0952. The Kier molecular flexibility index (Phi) is 6.84. The Labute approximate surface area is 202 Å². The molecule has 1 aliphatic rings. The Morgan fingerprint density at radius 2 is 1.77 bits per heavy atom. The van der Waals surface area contributed by atoms with E-state index in [0.717, 1.165) is 60.9 Å². The highest BCUT2D eigenvalue weighted by atomic mass is 19.4. The Morgan fingerprint density at radius 3 is 2.37 bits per heavy atom. The number of rotatable bonds is 5. The van der Waals surface area contributed by atoms with E-state index in [0.29, 0.717) is 11.4 Å². The molecular formula is C25H29F3N6O. The lowest BCUT2D eigenvalue weighted by Crippen LogP contribution is -2.44. The van der Waals surface area contributed by atoms with E-state index in [-0.39, 0.29) is 18.1 Å². The molecule has 186 valence electrons. The van der Waals surface area contributed by atoms with Crippen LogP contribution in [0.1, 0.15) is 28.1 Å². The summed E-state index contributed by atoms with van der Waals surface area (Å²) in [6.45, 7) is 9.50. The fourth-order valence-corrected chi connectivity index (χ4v) is 4.24. The van der Waals surface area contributed by atoms with Gasteiger partial charge >= 0.3 is 6.18 Å². The molecule has 0 spiro atoms. The number of nitrogens with one attached hydrogen (secondary N) is 1. The van der Waals surface area contributed by atoms with Gasteiger partial charge in [-0.3, -0.25) is 4.79 Å². The lowest BCUT2D eigenvalue weighted by molar-refractivity contribution is -0.137. The number of aryl methyl sites for hydroxylation is 2. The predicted octanol–water partition coefficient (Wildman–Crippen LogP) is 4.14. The van der Waals surface area contributed by atoms with Gasteiger partial charge in [-0.25, -0.2) is 9.67 Å². The number of piperazine rings is 1. The minimum Gasteiger partial charge on any atom is -0.369 e. The van der Waals surface area contributed by atoms with E-state index in [4.69, 9.17) is 0 Å². The second kappa shape index (κ2) is 9.69. The molecule has 1 amide bonds. The minimum atomic E-state index is -4.45. The zero-order chi connectivity index (χ0) is 25.3. The first-order chi connectivity index (χ1) is 16.5. The van der Waals surface area contributed by atoms with Crippen LogP contribution in [0.4, 0.5) is 24.5 Å². The highest BCUT2D eigenvalue weighted by Gasteiger charge is 2.31. The maximum absolute atomic E-state index is 12.9. The second-order valence-corrected chi connectivity index (χ2v) is 8.98. The van der Waals surface area contributed by atoms with Crippen molar-refractivity contribution in [2.45, 2.75) is 33.4 Å². The van der Waals surface area contributed by atoms with Gasteiger partial charge in [0.15, 0.2) is 5.82 Å². The van der Waals surface area contributed by atoms with E-state index >= 15 is 0 Å². The van der Waals surface area contributed by atoms with E-state index in [1.807, 2.05) is 19.1 Å². The van der Waals surface area contributed by atoms with Crippen LogP contribution in [0, 0.1) is 20.8 Å². The summed E-state index contributed by atoms with van der Waals surface area (Å²) < 4.78 is 40.0. The van der Waals surface area contributed by atoms with E-state index in [9.17, 15) is 18.0 Å². The number of amides is 1. The number of nitrogens with zero attached hydrogens (tertiary/aromatic N) is 5. The molecule has 0 bridgehead atoms. The quantitative estimate of drug-likeness (QED) is 0.587. The number of aromatic nitrogens is 3. The van der Waals surface area contributed by atoms with Gasteiger partial charge < -0.3 is 15.1 Å². The van der Waals surface area contributed by atoms with Gasteiger partial charge in [0.1, 0.15) is 0 Å². The van der Waals surface area contributed by atoms with Crippen LogP contribution in [0.3, 0.4) is 0 Å². The first kappa shape index (κ1) is 24.7. The molecule has 35 heavy (non-hydrogen) atoms. The molecule has 0 atom stereocenters. The van der Waals surface area contributed by atoms with Crippen LogP contribution in [0.2, 0.25) is 0 Å². The third kappa shape index (κ3) is 5.48. The average molecular weight is 487 g/mol. The van der Waals surface area contributed by atoms with Gasteiger partial charge in [-0.15, -0.1) is 0 Å². The average Bonchev–Trinajstić information content (AvgIpc) is 3.08. The van der Waals surface area contributed by atoms with E-state index in [1.54, 1.807) is 13.8 Å². The van der Waals surface area contributed by atoms with Gasteiger partial charge in [0.25, 0.3) is 0 Å². The van der Waals surface area contributed by atoms with Crippen molar-refractivity contribution in [3.8, 4) is 5.82 Å². The van der Waals surface area contributed by atoms with Crippen molar-refractivity contribution >= 4 is 17.3 Å². The van der Waals surface area contributed by atoms with Crippen molar-refractivity contribution in [2.75, 3.05) is 43.4 Å². The van der Waals surface area contributed by atoms with Crippen molar-refractivity contribution in [1.29, 1.82) is 0 Å². The molecule has 1 aliphatic heterocycles. The van der Waals surface area contributed by atoms with Crippen LogP contribution >= 0.6 is 0 Å². The van der Waals surface area contributed by atoms with E-state index < -0.39 is 11.7 Å². The molecular weight excluding hydrogens is 457 g/mol. The number of halogens is 3. The number of pyridine rings is 1. The summed E-state index contributed by atoms with van der Waals surface area (Å²) in [6.07, 6.45) is -3.57. The molecule has 2 aromatic heterocycles. The van der Waals surface area contributed by atoms with Crippen molar-refractivity contribution in [3.63, 3.8) is 0 Å². The Morgan fingerprint density at radius 1 is 1.06 bits per heavy atom. The summed E-state index contributed by atoms with van der Waals surface area (Å²) in [5.41, 5.74) is 4.05. The number of anilines is 2. The zero-order valence-corrected chi connectivity index (χ0v) is 20.3. The van der Waals surface area contributed by atoms with Gasteiger partial charge in [0.05, 0.1) is 17.7 Å². The molecule has 0 saturated carbocycles. The summed E-state index contributed by atoms with van der Waals surface area (Å²) in [6, 6.07) is 8.29. The molecule has 3 aromatic rings. The fraction of sp³-hybridized carbons (Fsp3) is 0.400. The van der Waals surface area contributed by atoms with Gasteiger partial charge in [-0.1, -0.05) is 0 Å². The third-order valence-corrected chi connectivity index (χ3v) is 6.42. The molecule has 3 heterocycles.